The molecule has 0 aliphatic carbocycles. The van der Waals surface area contributed by atoms with Crippen LogP contribution in [-0.2, 0) is 0 Å². The molecule has 33 heavy (non-hydrogen) atoms. The fraction of sp³-hybridized carbons (Fsp3) is 0.348. The third-order valence-corrected chi connectivity index (χ3v) is 5.69. The van der Waals surface area contributed by atoms with Gasteiger partial charge in [-0.3, -0.25) is 4.90 Å². The van der Waals surface area contributed by atoms with Crippen LogP contribution in [0.3, 0.4) is 0 Å². The molecule has 1 fully saturated rings. The third-order valence-electron chi connectivity index (χ3n) is 5.69. The van der Waals surface area contributed by atoms with Crippen LogP contribution in [0, 0.1) is 18.6 Å². The van der Waals surface area contributed by atoms with E-state index in [1.54, 1.807) is 10.9 Å². The van der Waals surface area contributed by atoms with Crippen LogP contribution in [0.4, 0.5) is 26.2 Å². The van der Waals surface area contributed by atoms with Crippen molar-refractivity contribution in [2.24, 2.45) is 0 Å². The zero-order valence-electron chi connectivity index (χ0n) is 19.0. The van der Waals surface area contributed by atoms with Crippen LogP contribution >= 0.6 is 0 Å². The highest BCUT2D eigenvalue weighted by Crippen LogP contribution is 2.20. The smallest absolute Gasteiger partial charge is 0.224 e. The van der Waals surface area contributed by atoms with Crippen molar-refractivity contribution in [2.45, 2.75) is 6.92 Å². The summed E-state index contributed by atoms with van der Waals surface area (Å²) in [6, 6.07) is 5.50. The summed E-state index contributed by atoms with van der Waals surface area (Å²) in [6.07, 6.45) is 5.95. The zero-order valence-corrected chi connectivity index (χ0v) is 19.0. The van der Waals surface area contributed by atoms with E-state index in [-0.39, 0.29) is 5.95 Å². The molecule has 174 valence electrons. The number of rotatable bonds is 6. The third kappa shape index (κ3) is 5.28. The van der Waals surface area contributed by atoms with Crippen LogP contribution in [-0.4, -0.2) is 71.5 Å². The molecule has 10 heteroatoms. The molecule has 0 amide bonds. The molecule has 2 N–H and O–H groups in total. The molecule has 0 spiro atoms. The lowest BCUT2D eigenvalue weighted by Gasteiger charge is -2.35. The van der Waals surface area contributed by atoms with Gasteiger partial charge in [0, 0.05) is 70.2 Å². The number of nitrogens with zero attached hydrogens (tertiary/aromatic N) is 7. The maximum Gasteiger partial charge on any atom is 0.224 e. The first kappa shape index (κ1) is 22.7. The first-order valence-electron chi connectivity index (χ1n) is 10.8. The monoisotopic (exact) mass is 454 g/mol. The molecule has 4 rings (SSSR count). The second-order valence-corrected chi connectivity index (χ2v) is 8.25. The van der Waals surface area contributed by atoms with Gasteiger partial charge in [-0.15, -0.1) is 0 Å². The highest BCUT2D eigenvalue weighted by atomic mass is 19.1. The van der Waals surface area contributed by atoms with Gasteiger partial charge in [-0.05, 0) is 19.1 Å². The normalized spacial score (nSPS) is 14.9. The summed E-state index contributed by atoms with van der Waals surface area (Å²) < 4.78 is 28.7. The van der Waals surface area contributed by atoms with Gasteiger partial charge in [-0.25, -0.2) is 13.5 Å². The lowest BCUT2D eigenvalue weighted by molar-refractivity contribution is 0.284. The van der Waals surface area contributed by atoms with Crippen LogP contribution in [0.25, 0.3) is 11.9 Å². The molecule has 1 aliphatic heterocycles. The number of nitrogen functional groups attached to an aromatic ring is 1. The van der Waals surface area contributed by atoms with E-state index in [4.69, 9.17) is 5.73 Å². The minimum atomic E-state index is -0.547. The predicted molar refractivity (Wildman–Crippen MR) is 127 cm³/mol. The van der Waals surface area contributed by atoms with Crippen LogP contribution in [0.5, 0.6) is 0 Å². The topological polar surface area (TPSA) is 79.3 Å². The van der Waals surface area contributed by atoms with Crippen molar-refractivity contribution in [1.29, 1.82) is 0 Å². The minimum Gasteiger partial charge on any atom is -0.369 e. The first-order chi connectivity index (χ1) is 15.8. The number of hydrogen-bond donors (Lipinski definition) is 1. The highest BCUT2D eigenvalue weighted by Gasteiger charge is 2.17. The standard InChI is InChI=1S/C23H28F2N8/c1-16-17(15-27-33(16)22-14-21(30(2)3)28-23(26)29-22)5-4-6-31-7-9-32(10-8-31)20-12-18(24)11-19(25)13-20/h4-5,11-15H,6-10H2,1-3H3,(H2,26,28,29). The van der Waals surface area contributed by atoms with Gasteiger partial charge < -0.3 is 15.5 Å². The van der Waals surface area contributed by atoms with E-state index in [9.17, 15) is 8.78 Å². The largest absolute Gasteiger partial charge is 0.369 e. The fourth-order valence-electron chi connectivity index (χ4n) is 3.83. The Morgan fingerprint density at radius 2 is 1.73 bits per heavy atom. The molecule has 8 nitrogen and oxygen atoms in total. The average Bonchev–Trinajstić information content (AvgIpc) is 3.13. The molecule has 1 saturated heterocycles. The Kier molecular flexibility index (Phi) is 6.55. The molecule has 3 heterocycles. The lowest BCUT2D eigenvalue weighted by Crippen LogP contribution is -2.46. The van der Waals surface area contributed by atoms with Gasteiger partial charge in [0.2, 0.25) is 5.95 Å². The molecular weight excluding hydrogens is 426 g/mol. The van der Waals surface area contributed by atoms with Crippen molar-refractivity contribution in [3.8, 4) is 5.82 Å². The molecular formula is C23H28F2N8. The SMILES string of the molecule is Cc1c(C=CCN2CCN(c3cc(F)cc(F)c3)CC2)cnn1-c1cc(N(C)C)nc(N)n1. The molecule has 0 bridgehead atoms. The highest BCUT2D eigenvalue weighted by molar-refractivity contribution is 5.54. The van der Waals surface area contributed by atoms with Crippen LogP contribution in [0.2, 0.25) is 0 Å². The van der Waals surface area contributed by atoms with Gasteiger partial charge in [0.15, 0.2) is 5.82 Å². The Morgan fingerprint density at radius 3 is 2.39 bits per heavy atom. The van der Waals surface area contributed by atoms with E-state index in [0.29, 0.717) is 17.3 Å². The number of anilines is 3. The van der Waals surface area contributed by atoms with Gasteiger partial charge in [0.05, 0.1) is 11.9 Å². The van der Waals surface area contributed by atoms with E-state index in [0.717, 1.165) is 50.0 Å². The van der Waals surface area contributed by atoms with E-state index < -0.39 is 11.6 Å². The fourth-order valence-corrected chi connectivity index (χ4v) is 3.83. The van der Waals surface area contributed by atoms with Crippen LogP contribution in [0.15, 0.2) is 36.5 Å². The molecule has 0 saturated carbocycles. The molecule has 1 aliphatic rings. The Bertz CT molecular complexity index is 1130. The Labute approximate surface area is 191 Å². The van der Waals surface area contributed by atoms with E-state index in [1.807, 2.05) is 43.0 Å². The summed E-state index contributed by atoms with van der Waals surface area (Å²) in [5.74, 6) is 0.434. The van der Waals surface area contributed by atoms with E-state index in [2.05, 4.69) is 26.0 Å². The van der Waals surface area contributed by atoms with Gasteiger partial charge in [0.25, 0.3) is 0 Å². The summed E-state index contributed by atoms with van der Waals surface area (Å²) in [4.78, 5) is 14.7. The lowest BCUT2D eigenvalue weighted by atomic mass is 10.2. The average molecular weight is 455 g/mol. The number of benzene rings is 1. The van der Waals surface area contributed by atoms with Crippen molar-refractivity contribution < 1.29 is 8.78 Å². The Morgan fingerprint density at radius 1 is 1.03 bits per heavy atom. The predicted octanol–water partition coefficient (Wildman–Crippen LogP) is 2.73. The van der Waals surface area contributed by atoms with Gasteiger partial charge in [0.1, 0.15) is 17.5 Å². The second-order valence-electron chi connectivity index (χ2n) is 8.25. The summed E-state index contributed by atoms with van der Waals surface area (Å²) >= 11 is 0. The Balaban J connectivity index is 1.37. The van der Waals surface area contributed by atoms with Gasteiger partial charge in [-0.1, -0.05) is 12.2 Å². The van der Waals surface area contributed by atoms with Crippen LogP contribution < -0.4 is 15.5 Å². The van der Waals surface area contributed by atoms with Crippen molar-refractivity contribution in [1.82, 2.24) is 24.6 Å². The number of hydrogen-bond acceptors (Lipinski definition) is 7. The second kappa shape index (κ2) is 9.53. The summed E-state index contributed by atoms with van der Waals surface area (Å²) in [5.41, 5.74) is 8.40. The molecule has 2 aromatic heterocycles. The molecule has 0 radical (unpaired) electrons. The van der Waals surface area contributed by atoms with Crippen molar-refractivity contribution >= 4 is 23.5 Å². The Hall–Kier alpha value is -3.53. The molecule has 3 aromatic rings. The molecule has 1 aromatic carbocycles. The van der Waals surface area contributed by atoms with Crippen molar-refractivity contribution in [3.05, 3.63) is 59.4 Å². The van der Waals surface area contributed by atoms with Gasteiger partial charge >= 0.3 is 0 Å². The van der Waals surface area contributed by atoms with E-state index >= 15 is 0 Å². The summed E-state index contributed by atoms with van der Waals surface area (Å²) in [5, 5.41) is 4.47. The summed E-state index contributed by atoms with van der Waals surface area (Å²) in [6.45, 7) is 5.83. The minimum absolute atomic E-state index is 0.198. The number of aromatic nitrogens is 4. The maximum absolute atomic E-state index is 13.5. The molecule has 0 unspecified atom stereocenters. The summed E-state index contributed by atoms with van der Waals surface area (Å²) in [7, 11) is 3.79. The van der Waals surface area contributed by atoms with Crippen LogP contribution in [0.1, 0.15) is 11.3 Å². The van der Waals surface area contributed by atoms with Gasteiger partial charge in [-0.2, -0.15) is 15.1 Å². The number of piperazine rings is 1. The van der Waals surface area contributed by atoms with Crippen molar-refractivity contribution in [3.63, 3.8) is 0 Å². The number of nitrogens with two attached hydrogens (primary N) is 1. The number of halogens is 2. The quantitative estimate of drug-likeness (QED) is 0.614. The van der Waals surface area contributed by atoms with E-state index in [1.165, 1.54) is 12.1 Å². The first-order valence-corrected chi connectivity index (χ1v) is 10.8. The molecule has 0 atom stereocenters. The zero-order chi connectivity index (χ0) is 23.5. The maximum atomic E-state index is 13.5. The van der Waals surface area contributed by atoms with Crippen molar-refractivity contribution in [2.75, 3.05) is 62.4 Å².